The molecule has 0 amide bonds. The molecule has 2 fully saturated rings. The van der Waals surface area contributed by atoms with Crippen LogP contribution in [0.3, 0.4) is 0 Å². The summed E-state index contributed by atoms with van der Waals surface area (Å²) >= 11 is 6.04. The summed E-state index contributed by atoms with van der Waals surface area (Å²) in [6.45, 7) is 0.960. The van der Waals surface area contributed by atoms with Gasteiger partial charge in [0.15, 0.2) is 0 Å². The lowest BCUT2D eigenvalue weighted by Crippen LogP contribution is -2.48. The van der Waals surface area contributed by atoms with Crippen molar-refractivity contribution in [1.82, 2.24) is 4.90 Å². The molecule has 2 nitrogen and oxygen atoms in total. The van der Waals surface area contributed by atoms with Gasteiger partial charge in [-0.25, -0.2) is 0 Å². The Morgan fingerprint density at radius 3 is 2.42 bits per heavy atom. The third kappa shape index (κ3) is 4.91. The Morgan fingerprint density at radius 2 is 1.77 bits per heavy atom. The van der Waals surface area contributed by atoms with E-state index in [4.69, 9.17) is 11.6 Å². The number of rotatable bonds is 5. The minimum absolute atomic E-state index is 0.326. The van der Waals surface area contributed by atoms with Crippen LogP contribution in [0.2, 0.25) is 5.02 Å². The van der Waals surface area contributed by atoms with Gasteiger partial charge in [0.1, 0.15) is 0 Å². The van der Waals surface area contributed by atoms with Gasteiger partial charge in [0.2, 0.25) is 0 Å². The molecule has 0 spiro atoms. The maximum absolute atomic E-state index is 12.0. The summed E-state index contributed by atoms with van der Waals surface area (Å²) in [7, 11) is 4.25. The number of halogens is 1. The second-order valence-electron chi connectivity index (χ2n) is 8.70. The Labute approximate surface area is 164 Å². The van der Waals surface area contributed by atoms with Crippen molar-refractivity contribution in [2.75, 3.05) is 20.6 Å². The predicted molar refractivity (Wildman–Crippen MR) is 111 cm³/mol. The zero-order chi connectivity index (χ0) is 18.6. The van der Waals surface area contributed by atoms with Gasteiger partial charge in [-0.2, -0.15) is 0 Å². The Balaban J connectivity index is 1.89. The fraction of sp³-hybridized carbons (Fsp3) is 0.652. The second kappa shape index (κ2) is 8.91. The highest BCUT2D eigenvalue weighted by Crippen LogP contribution is 2.45. The van der Waals surface area contributed by atoms with Crippen molar-refractivity contribution in [3.8, 4) is 0 Å². The first-order valence-corrected chi connectivity index (χ1v) is 10.7. The molecule has 0 aliphatic heterocycles. The van der Waals surface area contributed by atoms with Crippen molar-refractivity contribution >= 4 is 17.7 Å². The Morgan fingerprint density at radius 1 is 1.08 bits per heavy atom. The van der Waals surface area contributed by atoms with Crippen LogP contribution < -0.4 is 0 Å². The third-order valence-electron chi connectivity index (χ3n) is 6.35. The number of benzene rings is 1. The molecule has 144 valence electrons. The highest BCUT2D eigenvalue weighted by molar-refractivity contribution is 6.30. The molecule has 1 aromatic carbocycles. The van der Waals surface area contributed by atoms with Gasteiger partial charge >= 0.3 is 0 Å². The predicted octanol–water partition coefficient (Wildman–Crippen LogP) is 5.79. The molecule has 0 aromatic heterocycles. The summed E-state index contributed by atoms with van der Waals surface area (Å²) in [5.74, 6) is 0.997. The fourth-order valence-electron chi connectivity index (χ4n) is 5.03. The number of nitrogens with zero attached hydrogens (tertiary/aromatic N) is 1. The molecule has 2 unspecified atom stereocenters. The highest BCUT2D eigenvalue weighted by atomic mass is 35.5. The molecule has 2 atom stereocenters. The van der Waals surface area contributed by atoms with E-state index >= 15 is 0 Å². The van der Waals surface area contributed by atoms with Gasteiger partial charge in [-0.1, -0.05) is 61.9 Å². The van der Waals surface area contributed by atoms with Crippen LogP contribution in [0.5, 0.6) is 0 Å². The van der Waals surface area contributed by atoms with Gasteiger partial charge in [0.25, 0.3) is 0 Å². The molecule has 2 saturated carbocycles. The normalized spacial score (nSPS) is 29.4. The van der Waals surface area contributed by atoms with Crippen LogP contribution in [0, 0.1) is 11.8 Å². The molecule has 3 heteroatoms. The topological polar surface area (TPSA) is 23.5 Å². The molecule has 2 aliphatic rings. The summed E-state index contributed by atoms with van der Waals surface area (Å²) in [4.78, 5) is 2.24. The van der Waals surface area contributed by atoms with Gasteiger partial charge in [-0.3, -0.25) is 0 Å². The fourth-order valence-corrected chi connectivity index (χ4v) is 5.15. The first kappa shape index (κ1) is 19.9. The average Bonchev–Trinajstić information content (AvgIpc) is 2.61. The van der Waals surface area contributed by atoms with Crippen LogP contribution in [0.25, 0.3) is 6.08 Å². The average molecular weight is 376 g/mol. The van der Waals surface area contributed by atoms with Gasteiger partial charge in [0, 0.05) is 17.5 Å². The van der Waals surface area contributed by atoms with Crippen molar-refractivity contribution in [1.29, 1.82) is 0 Å². The van der Waals surface area contributed by atoms with E-state index in [1.165, 1.54) is 44.1 Å². The smallest absolute Gasteiger partial charge is 0.0902 e. The lowest BCUT2D eigenvalue weighted by Gasteiger charge is -2.45. The van der Waals surface area contributed by atoms with Crippen molar-refractivity contribution < 1.29 is 5.11 Å². The molecule has 2 aliphatic carbocycles. The molecule has 26 heavy (non-hydrogen) atoms. The molecule has 0 radical (unpaired) electrons. The van der Waals surface area contributed by atoms with Crippen LogP contribution in [0.15, 0.2) is 29.8 Å². The minimum atomic E-state index is -0.663. The van der Waals surface area contributed by atoms with Gasteiger partial charge < -0.3 is 10.0 Å². The molecular weight excluding hydrogens is 342 g/mol. The summed E-state index contributed by atoms with van der Waals surface area (Å²) in [6.07, 6.45) is 13.1. The van der Waals surface area contributed by atoms with E-state index in [1.807, 2.05) is 12.1 Å². The van der Waals surface area contributed by atoms with Crippen LogP contribution >= 0.6 is 11.6 Å². The molecular formula is C23H34ClNO. The Bertz CT molecular complexity index is 603. The Hall–Kier alpha value is -0.830. The maximum atomic E-state index is 12.0. The van der Waals surface area contributed by atoms with Crippen LogP contribution in [0.1, 0.15) is 63.4 Å². The van der Waals surface area contributed by atoms with Crippen LogP contribution in [-0.2, 0) is 0 Å². The number of hydrogen-bond donors (Lipinski definition) is 1. The van der Waals surface area contributed by atoms with E-state index in [9.17, 15) is 5.11 Å². The lowest BCUT2D eigenvalue weighted by atomic mass is 9.66. The summed E-state index contributed by atoms with van der Waals surface area (Å²) < 4.78 is 0. The van der Waals surface area contributed by atoms with Crippen molar-refractivity contribution in [3.63, 3.8) is 0 Å². The number of hydrogen-bond acceptors (Lipinski definition) is 2. The van der Waals surface area contributed by atoms with Crippen LogP contribution in [0.4, 0.5) is 0 Å². The molecule has 0 heterocycles. The van der Waals surface area contributed by atoms with Crippen LogP contribution in [-0.4, -0.2) is 36.2 Å². The second-order valence-corrected chi connectivity index (χ2v) is 9.14. The molecule has 3 rings (SSSR count). The van der Waals surface area contributed by atoms with E-state index in [0.29, 0.717) is 11.8 Å². The summed E-state index contributed by atoms with van der Waals surface area (Å²) in [5.41, 5.74) is 1.73. The lowest BCUT2D eigenvalue weighted by molar-refractivity contribution is -0.0349. The van der Waals surface area contributed by atoms with Crippen molar-refractivity contribution in [2.45, 2.75) is 63.4 Å². The molecule has 0 bridgehead atoms. The summed E-state index contributed by atoms with van der Waals surface area (Å²) in [5, 5.41) is 12.7. The van der Waals surface area contributed by atoms with Crippen molar-refractivity contribution in [2.24, 2.45) is 11.8 Å². The van der Waals surface area contributed by atoms with E-state index in [-0.39, 0.29) is 0 Å². The van der Waals surface area contributed by atoms with E-state index < -0.39 is 5.60 Å². The largest absolute Gasteiger partial charge is 0.385 e. The SMILES string of the molecule is CN(C)CC1CCC/C(=C\c2ccc(Cl)cc2)C1(O)CC1CCCCC1. The van der Waals surface area contributed by atoms with E-state index in [0.717, 1.165) is 36.4 Å². The quantitative estimate of drug-likeness (QED) is 0.704. The third-order valence-corrected chi connectivity index (χ3v) is 6.60. The van der Waals surface area contributed by atoms with Gasteiger partial charge in [0.05, 0.1) is 5.60 Å². The van der Waals surface area contributed by atoms with E-state index in [1.54, 1.807) is 0 Å². The van der Waals surface area contributed by atoms with Gasteiger partial charge in [-0.15, -0.1) is 0 Å². The zero-order valence-electron chi connectivity index (χ0n) is 16.4. The first-order valence-electron chi connectivity index (χ1n) is 10.3. The first-order chi connectivity index (χ1) is 12.5. The van der Waals surface area contributed by atoms with Gasteiger partial charge in [-0.05, 0) is 69.0 Å². The van der Waals surface area contributed by atoms with E-state index in [2.05, 4.69) is 37.2 Å². The standard InChI is InChI=1S/C23H34ClNO/c1-25(2)17-21-10-6-9-20(15-18-11-13-22(24)14-12-18)23(21,26)16-19-7-4-3-5-8-19/h11-15,19,21,26H,3-10,16-17H2,1-2H3/b20-15+. The molecule has 0 saturated heterocycles. The summed E-state index contributed by atoms with van der Waals surface area (Å²) in [6, 6.07) is 8.00. The number of aliphatic hydroxyl groups is 1. The molecule has 1 N–H and O–H groups in total. The monoisotopic (exact) mass is 375 g/mol. The Kier molecular flexibility index (Phi) is 6.82. The van der Waals surface area contributed by atoms with Crippen molar-refractivity contribution in [3.05, 3.63) is 40.4 Å². The maximum Gasteiger partial charge on any atom is 0.0902 e. The highest BCUT2D eigenvalue weighted by Gasteiger charge is 2.44. The molecule has 1 aromatic rings. The minimum Gasteiger partial charge on any atom is -0.385 e. The zero-order valence-corrected chi connectivity index (χ0v) is 17.1.